The van der Waals surface area contributed by atoms with Gasteiger partial charge in [-0.3, -0.25) is 0 Å². The highest BCUT2D eigenvalue weighted by atomic mass is 35.5. The van der Waals surface area contributed by atoms with E-state index in [4.69, 9.17) is 36.5 Å². The summed E-state index contributed by atoms with van der Waals surface area (Å²) in [4.78, 5) is 11.6. The Morgan fingerprint density at radius 1 is 1.13 bits per heavy atom. The molecule has 3 aromatic rings. The molecule has 1 aromatic carbocycles. The van der Waals surface area contributed by atoms with Crippen molar-refractivity contribution in [2.24, 2.45) is 0 Å². The second-order valence-electron chi connectivity index (χ2n) is 7.70. The average molecular weight is 443 g/mol. The third-order valence-corrected chi connectivity index (χ3v) is 6.24. The molecule has 8 heteroatoms. The predicted octanol–water partition coefficient (Wildman–Crippen LogP) is 4.47. The Morgan fingerprint density at radius 2 is 1.90 bits per heavy atom. The minimum atomic E-state index is 0.163. The average Bonchev–Trinajstić information content (AvgIpc) is 2.79. The van der Waals surface area contributed by atoms with Gasteiger partial charge in [-0.1, -0.05) is 11.6 Å². The number of anilines is 2. The molecule has 0 amide bonds. The summed E-state index contributed by atoms with van der Waals surface area (Å²) >= 11 is 6.75. The van der Waals surface area contributed by atoms with Crippen molar-refractivity contribution < 1.29 is 14.2 Å². The standard InChI is InChI=1S/C23H27ClN4O3/c1-13-18(30-3)10-19(31-4)22(24)21(13)17-8-14-11-26-20(25)9-16(14)23(27-17)28-7-5-6-15(12-28)29-2/h8-11,15H,5-7,12H2,1-4H3,(H2,25,26). The number of fused-ring (bicyclic) bond motifs is 1. The molecule has 1 fully saturated rings. The molecule has 1 unspecified atom stereocenters. The van der Waals surface area contributed by atoms with Crippen LogP contribution in [0.25, 0.3) is 22.0 Å². The zero-order valence-corrected chi connectivity index (χ0v) is 19.0. The van der Waals surface area contributed by atoms with E-state index in [0.29, 0.717) is 22.3 Å². The molecule has 2 N–H and O–H groups in total. The van der Waals surface area contributed by atoms with Gasteiger partial charge in [0.05, 0.1) is 31.0 Å². The first-order valence-electron chi connectivity index (χ1n) is 10.2. The number of halogens is 1. The maximum absolute atomic E-state index is 6.75. The molecule has 0 radical (unpaired) electrons. The van der Waals surface area contributed by atoms with Crippen molar-refractivity contribution in [3.05, 3.63) is 35.0 Å². The van der Waals surface area contributed by atoms with E-state index in [0.717, 1.165) is 59.3 Å². The lowest BCUT2D eigenvalue weighted by Gasteiger charge is -2.33. The number of pyridine rings is 2. The van der Waals surface area contributed by atoms with Gasteiger partial charge >= 0.3 is 0 Å². The lowest BCUT2D eigenvalue weighted by Crippen LogP contribution is -2.39. The third-order valence-electron chi connectivity index (χ3n) is 5.87. The lowest BCUT2D eigenvalue weighted by atomic mass is 10.0. The Bertz CT molecular complexity index is 1090. The number of nitrogen functional groups attached to an aromatic ring is 1. The highest BCUT2D eigenvalue weighted by molar-refractivity contribution is 6.35. The van der Waals surface area contributed by atoms with Crippen molar-refractivity contribution in [2.45, 2.75) is 25.9 Å². The minimum Gasteiger partial charge on any atom is -0.496 e. The zero-order chi connectivity index (χ0) is 22.1. The van der Waals surface area contributed by atoms with Gasteiger partial charge in [-0.15, -0.1) is 0 Å². The Morgan fingerprint density at radius 3 is 2.61 bits per heavy atom. The number of aromatic nitrogens is 2. The molecule has 0 saturated carbocycles. The fourth-order valence-electron chi connectivity index (χ4n) is 4.20. The molecule has 0 aliphatic carbocycles. The van der Waals surface area contributed by atoms with Crippen molar-refractivity contribution in [3.63, 3.8) is 0 Å². The summed E-state index contributed by atoms with van der Waals surface area (Å²) in [5.41, 5.74) is 8.41. The summed E-state index contributed by atoms with van der Waals surface area (Å²) in [5, 5.41) is 2.39. The number of nitrogens with zero attached hydrogens (tertiary/aromatic N) is 3. The zero-order valence-electron chi connectivity index (χ0n) is 18.2. The van der Waals surface area contributed by atoms with Gasteiger partial charge in [-0.05, 0) is 31.9 Å². The SMILES string of the molecule is COc1cc(OC)c(Cl)c(-c2cc3cnc(N)cc3c(N3CCCC(OC)C3)n2)c1C. The van der Waals surface area contributed by atoms with Gasteiger partial charge in [-0.2, -0.15) is 0 Å². The number of benzene rings is 1. The van der Waals surface area contributed by atoms with Gasteiger partial charge < -0.3 is 24.8 Å². The van der Waals surface area contributed by atoms with Crippen LogP contribution in [-0.2, 0) is 4.74 Å². The number of piperidine rings is 1. The molecule has 164 valence electrons. The molecule has 1 aliphatic heterocycles. The molecule has 0 spiro atoms. The van der Waals surface area contributed by atoms with Gasteiger partial charge in [0.2, 0.25) is 0 Å². The normalized spacial score (nSPS) is 16.5. The number of methoxy groups -OCH3 is 3. The fourth-order valence-corrected chi connectivity index (χ4v) is 4.57. The Hall–Kier alpha value is -2.77. The molecule has 31 heavy (non-hydrogen) atoms. The van der Waals surface area contributed by atoms with Crippen LogP contribution >= 0.6 is 11.6 Å². The van der Waals surface area contributed by atoms with Gasteiger partial charge in [0, 0.05) is 54.4 Å². The van der Waals surface area contributed by atoms with Crippen LogP contribution < -0.4 is 20.1 Å². The van der Waals surface area contributed by atoms with Crippen LogP contribution in [0.15, 0.2) is 24.4 Å². The highest BCUT2D eigenvalue weighted by Crippen LogP contribution is 2.43. The van der Waals surface area contributed by atoms with E-state index in [1.807, 2.05) is 19.1 Å². The summed E-state index contributed by atoms with van der Waals surface area (Å²) in [6.45, 7) is 3.62. The Balaban J connectivity index is 1.96. The van der Waals surface area contributed by atoms with Crippen molar-refractivity contribution in [2.75, 3.05) is 45.1 Å². The minimum absolute atomic E-state index is 0.163. The second kappa shape index (κ2) is 8.77. The topological polar surface area (TPSA) is 82.7 Å². The maximum Gasteiger partial charge on any atom is 0.141 e. The summed E-state index contributed by atoms with van der Waals surface area (Å²) < 4.78 is 16.7. The molecular weight excluding hydrogens is 416 g/mol. The van der Waals surface area contributed by atoms with Crippen LogP contribution in [0.3, 0.4) is 0 Å². The van der Waals surface area contributed by atoms with E-state index in [1.54, 1.807) is 33.6 Å². The maximum atomic E-state index is 6.75. The number of ether oxygens (including phenoxy) is 3. The first-order valence-corrected chi connectivity index (χ1v) is 10.6. The van der Waals surface area contributed by atoms with Crippen LogP contribution in [0.2, 0.25) is 5.02 Å². The van der Waals surface area contributed by atoms with Crippen LogP contribution in [0.4, 0.5) is 11.6 Å². The van der Waals surface area contributed by atoms with Crippen molar-refractivity contribution in [1.82, 2.24) is 9.97 Å². The summed E-state index contributed by atoms with van der Waals surface area (Å²) in [6, 6.07) is 5.65. The van der Waals surface area contributed by atoms with E-state index in [-0.39, 0.29) is 6.10 Å². The Kier molecular flexibility index (Phi) is 6.07. The molecule has 4 rings (SSSR count). The largest absolute Gasteiger partial charge is 0.496 e. The van der Waals surface area contributed by atoms with Crippen LogP contribution in [0.5, 0.6) is 11.5 Å². The Labute approximate surface area is 187 Å². The first-order chi connectivity index (χ1) is 15.0. The number of rotatable bonds is 5. The summed E-state index contributed by atoms with van der Waals surface area (Å²) in [5.74, 6) is 2.53. The van der Waals surface area contributed by atoms with Crippen molar-refractivity contribution in [3.8, 4) is 22.8 Å². The predicted molar refractivity (Wildman–Crippen MR) is 124 cm³/mol. The number of hydrogen-bond donors (Lipinski definition) is 1. The fraction of sp³-hybridized carbons (Fsp3) is 0.391. The molecule has 1 aliphatic rings. The van der Waals surface area contributed by atoms with E-state index in [1.165, 1.54) is 0 Å². The molecule has 3 heterocycles. The van der Waals surface area contributed by atoms with Crippen LogP contribution in [-0.4, -0.2) is 50.5 Å². The lowest BCUT2D eigenvalue weighted by molar-refractivity contribution is 0.0892. The van der Waals surface area contributed by atoms with Crippen LogP contribution in [0, 0.1) is 6.92 Å². The first kappa shape index (κ1) is 21.5. The summed E-state index contributed by atoms with van der Waals surface area (Å²) in [7, 11) is 4.97. The van der Waals surface area contributed by atoms with E-state index in [9.17, 15) is 0 Å². The monoisotopic (exact) mass is 442 g/mol. The van der Waals surface area contributed by atoms with Gasteiger partial charge in [0.1, 0.15) is 23.1 Å². The molecule has 1 saturated heterocycles. The molecule has 7 nitrogen and oxygen atoms in total. The van der Waals surface area contributed by atoms with Crippen LogP contribution in [0.1, 0.15) is 18.4 Å². The van der Waals surface area contributed by atoms with E-state index in [2.05, 4.69) is 9.88 Å². The van der Waals surface area contributed by atoms with Gasteiger partial charge in [-0.25, -0.2) is 9.97 Å². The number of hydrogen-bond acceptors (Lipinski definition) is 7. The van der Waals surface area contributed by atoms with E-state index < -0.39 is 0 Å². The molecule has 1 atom stereocenters. The third kappa shape index (κ3) is 3.95. The summed E-state index contributed by atoms with van der Waals surface area (Å²) in [6.07, 6.45) is 4.00. The van der Waals surface area contributed by atoms with Gasteiger partial charge in [0.15, 0.2) is 0 Å². The van der Waals surface area contributed by atoms with Crippen molar-refractivity contribution in [1.29, 1.82) is 0 Å². The quantitative estimate of drug-likeness (QED) is 0.623. The smallest absolute Gasteiger partial charge is 0.141 e. The molecular formula is C23H27ClN4O3. The second-order valence-corrected chi connectivity index (χ2v) is 8.08. The molecule has 0 bridgehead atoms. The van der Waals surface area contributed by atoms with E-state index >= 15 is 0 Å². The van der Waals surface area contributed by atoms with Crippen molar-refractivity contribution >= 4 is 34.0 Å². The number of nitrogens with two attached hydrogens (primary N) is 1. The highest BCUT2D eigenvalue weighted by Gasteiger charge is 2.25. The van der Waals surface area contributed by atoms with Gasteiger partial charge in [0.25, 0.3) is 0 Å². The molecule has 2 aromatic heterocycles.